The Kier molecular flexibility index (Phi) is 38.6. The lowest BCUT2D eigenvalue weighted by molar-refractivity contribution is -0.132. The van der Waals surface area contributed by atoms with Gasteiger partial charge in [-0.2, -0.15) is 0 Å². The summed E-state index contributed by atoms with van der Waals surface area (Å²) >= 11 is 0. The molecule has 0 saturated heterocycles. The van der Waals surface area contributed by atoms with Gasteiger partial charge in [0.1, 0.15) is 12.2 Å². The van der Waals surface area contributed by atoms with E-state index in [0.717, 1.165) is 51.4 Å². The molecule has 0 aliphatic carbocycles. The second-order valence-electron chi connectivity index (χ2n) is 15.0. The first kappa shape index (κ1) is 49.5. The zero-order chi connectivity index (χ0) is 37.5. The van der Waals surface area contributed by atoms with Crippen LogP contribution in [-0.2, 0) is 4.79 Å². The number of hydrogen-bond acceptors (Lipinski definition) is 5. The molecule has 51 heavy (non-hydrogen) atoms. The number of carbonyl (C=O) groups excluding carboxylic acids is 1. The largest absolute Gasteiger partial charge is 0.394 e. The standard InChI is InChI=1S/C45H85NO5/c1-3-5-7-9-11-13-15-17-19-21-22-23-25-27-29-31-33-35-37-39-43(49)45(51)46-41(40-47)44(50)42(48)38-36-34-32-30-28-26-24-20-18-16-14-12-10-8-6-4-2/h12,14,20,24,30,32,41-44,47-50H,3-11,13,15-19,21-23,25-29,31,33-40H2,1-2H3,(H,46,51)/b14-12+,24-20+,32-30+. The van der Waals surface area contributed by atoms with Gasteiger partial charge in [0.15, 0.2) is 0 Å². The minimum absolute atomic E-state index is 0.361. The quantitative estimate of drug-likeness (QED) is 0.0321. The molecule has 4 atom stereocenters. The summed E-state index contributed by atoms with van der Waals surface area (Å²) in [6.07, 6.45) is 46.0. The highest BCUT2D eigenvalue weighted by atomic mass is 16.3. The molecule has 0 radical (unpaired) electrons. The Labute approximate surface area is 316 Å². The lowest BCUT2D eigenvalue weighted by Crippen LogP contribution is -2.53. The summed E-state index contributed by atoms with van der Waals surface area (Å²) in [4.78, 5) is 12.5. The van der Waals surface area contributed by atoms with E-state index in [4.69, 9.17) is 0 Å². The van der Waals surface area contributed by atoms with Crippen LogP contribution in [0.4, 0.5) is 0 Å². The molecule has 0 aromatic carbocycles. The first-order chi connectivity index (χ1) is 25.0. The van der Waals surface area contributed by atoms with Crippen LogP contribution >= 0.6 is 0 Å². The third-order valence-electron chi connectivity index (χ3n) is 10.1. The van der Waals surface area contributed by atoms with Gasteiger partial charge in [-0.3, -0.25) is 4.79 Å². The van der Waals surface area contributed by atoms with E-state index in [1.165, 1.54) is 128 Å². The van der Waals surface area contributed by atoms with Crippen LogP contribution in [0.25, 0.3) is 0 Å². The molecule has 300 valence electrons. The number of aliphatic hydroxyl groups is 4. The number of amides is 1. The maximum absolute atomic E-state index is 12.5. The van der Waals surface area contributed by atoms with Gasteiger partial charge in [0.05, 0.1) is 18.8 Å². The third kappa shape index (κ3) is 34.1. The number of rotatable bonds is 39. The highest BCUT2D eigenvalue weighted by Gasteiger charge is 2.28. The Balaban J connectivity index is 3.80. The number of hydrogen-bond donors (Lipinski definition) is 5. The van der Waals surface area contributed by atoms with Crippen molar-refractivity contribution in [1.82, 2.24) is 5.32 Å². The Morgan fingerprint density at radius 3 is 1.24 bits per heavy atom. The first-order valence-electron chi connectivity index (χ1n) is 21.9. The van der Waals surface area contributed by atoms with E-state index in [2.05, 4.69) is 55.6 Å². The van der Waals surface area contributed by atoms with E-state index in [9.17, 15) is 25.2 Å². The smallest absolute Gasteiger partial charge is 0.249 e. The van der Waals surface area contributed by atoms with Crippen LogP contribution in [0.5, 0.6) is 0 Å². The van der Waals surface area contributed by atoms with Gasteiger partial charge in [0, 0.05) is 0 Å². The predicted octanol–water partition coefficient (Wildman–Crippen LogP) is 11.3. The minimum atomic E-state index is -1.29. The molecule has 0 aliphatic rings. The number of allylic oxidation sites excluding steroid dienone is 6. The Morgan fingerprint density at radius 1 is 0.471 bits per heavy atom. The fourth-order valence-electron chi connectivity index (χ4n) is 6.55. The summed E-state index contributed by atoms with van der Waals surface area (Å²) in [5.41, 5.74) is 0. The zero-order valence-electron chi connectivity index (χ0n) is 33.6. The second kappa shape index (κ2) is 39.7. The van der Waals surface area contributed by atoms with Crippen molar-refractivity contribution in [3.8, 4) is 0 Å². The van der Waals surface area contributed by atoms with Crippen LogP contribution in [0.3, 0.4) is 0 Å². The molecule has 0 fully saturated rings. The Hall–Kier alpha value is -1.47. The fourth-order valence-corrected chi connectivity index (χ4v) is 6.55. The van der Waals surface area contributed by atoms with Gasteiger partial charge in [0.2, 0.25) is 5.91 Å². The van der Waals surface area contributed by atoms with Crippen LogP contribution in [0, 0.1) is 0 Å². The average Bonchev–Trinajstić information content (AvgIpc) is 3.13. The average molecular weight is 720 g/mol. The van der Waals surface area contributed by atoms with Crippen molar-refractivity contribution in [2.45, 2.75) is 237 Å². The first-order valence-corrected chi connectivity index (χ1v) is 21.9. The predicted molar refractivity (Wildman–Crippen MR) is 219 cm³/mol. The van der Waals surface area contributed by atoms with Crippen molar-refractivity contribution in [3.05, 3.63) is 36.5 Å². The maximum atomic E-state index is 12.5. The summed E-state index contributed by atoms with van der Waals surface area (Å²) in [7, 11) is 0. The van der Waals surface area contributed by atoms with Crippen molar-refractivity contribution >= 4 is 5.91 Å². The molecule has 0 heterocycles. The van der Waals surface area contributed by atoms with Crippen LogP contribution in [0.2, 0.25) is 0 Å². The van der Waals surface area contributed by atoms with Crippen LogP contribution in [0.15, 0.2) is 36.5 Å². The molecule has 5 N–H and O–H groups in total. The normalized spacial score (nSPS) is 14.5. The molecule has 1 amide bonds. The van der Waals surface area contributed by atoms with Crippen LogP contribution in [-0.4, -0.2) is 57.3 Å². The van der Waals surface area contributed by atoms with Crippen molar-refractivity contribution in [1.29, 1.82) is 0 Å². The van der Waals surface area contributed by atoms with Gasteiger partial charge < -0.3 is 25.7 Å². The van der Waals surface area contributed by atoms with Crippen molar-refractivity contribution in [3.63, 3.8) is 0 Å². The van der Waals surface area contributed by atoms with Crippen molar-refractivity contribution in [2.24, 2.45) is 0 Å². The molecule has 4 unspecified atom stereocenters. The summed E-state index contributed by atoms with van der Waals surface area (Å²) in [5.74, 6) is -0.599. The minimum Gasteiger partial charge on any atom is -0.394 e. The lowest BCUT2D eigenvalue weighted by atomic mass is 10.00. The van der Waals surface area contributed by atoms with Gasteiger partial charge in [-0.05, 0) is 64.2 Å². The number of carbonyl (C=O) groups is 1. The third-order valence-corrected chi connectivity index (χ3v) is 10.1. The molecule has 6 nitrogen and oxygen atoms in total. The van der Waals surface area contributed by atoms with E-state index in [0.29, 0.717) is 19.3 Å². The zero-order valence-corrected chi connectivity index (χ0v) is 33.6. The molecular formula is C45H85NO5. The highest BCUT2D eigenvalue weighted by molar-refractivity contribution is 5.80. The van der Waals surface area contributed by atoms with E-state index in [1.807, 2.05) is 0 Å². The Morgan fingerprint density at radius 2 is 0.824 bits per heavy atom. The molecule has 0 aromatic heterocycles. The molecule has 0 aromatic rings. The van der Waals surface area contributed by atoms with Gasteiger partial charge in [-0.15, -0.1) is 0 Å². The van der Waals surface area contributed by atoms with E-state index >= 15 is 0 Å². The van der Waals surface area contributed by atoms with Crippen LogP contribution in [0.1, 0.15) is 213 Å². The fraction of sp³-hybridized carbons (Fsp3) is 0.844. The summed E-state index contributed by atoms with van der Waals surface area (Å²) in [5, 5.41) is 43.6. The maximum Gasteiger partial charge on any atom is 0.249 e. The molecular weight excluding hydrogens is 634 g/mol. The lowest BCUT2D eigenvalue weighted by Gasteiger charge is -2.27. The molecule has 0 spiro atoms. The molecule has 0 rings (SSSR count). The molecule has 6 heteroatoms. The van der Waals surface area contributed by atoms with Gasteiger partial charge >= 0.3 is 0 Å². The number of nitrogens with one attached hydrogen (secondary N) is 1. The molecule has 0 bridgehead atoms. The second-order valence-corrected chi connectivity index (χ2v) is 15.0. The van der Waals surface area contributed by atoms with E-state index in [-0.39, 0.29) is 0 Å². The summed E-state index contributed by atoms with van der Waals surface area (Å²) < 4.78 is 0. The molecule has 0 saturated carbocycles. The van der Waals surface area contributed by atoms with Crippen molar-refractivity contribution in [2.75, 3.05) is 6.61 Å². The SMILES string of the molecule is CCCCC/C=C/CC/C=C/CC/C=C/CCCC(O)C(O)C(CO)NC(=O)C(O)CCCCCCCCCCCCCCCCCCCCC. The Bertz CT molecular complexity index is 812. The summed E-state index contributed by atoms with van der Waals surface area (Å²) in [6, 6.07) is -1.01. The van der Waals surface area contributed by atoms with E-state index in [1.54, 1.807) is 0 Å². The monoisotopic (exact) mass is 720 g/mol. The highest BCUT2D eigenvalue weighted by Crippen LogP contribution is 2.16. The van der Waals surface area contributed by atoms with E-state index < -0.39 is 36.9 Å². The van der Waals surface area contributed by atoms with Gasteiger partial charge in [-0.25, -0.2) is 0 Å². The van der Waals surface area contributed by atoms with Crippen molar-refractivity contribution < 1.29 is 25.2 Å². The number of aliphatic hydroxyl groups excluding tert-OH is 4. The topological polar surface area (TPSA) is 110 Å². The number of unbranched alkanes of at least 4 members (excludes halogenated alkanes) is 24. The van der Waals surface area contributed by atoms with Crippen LogP contribution < -0.4 is 5.32 Å². The van der Waals surface area contributed by atoms with Gasteiger partial charge in [-0.1, -0.05) is 185 Å². The van der Waals surface area contributed by atoms with Gasteiger partial charge in [0.25, 0.3) is 0 Å². The summed E-state index contributed by atoms with van der Waals surface area (Å²) in [6.45, 7) is 4.01. The molecule has 0 aliphatic heterocycles.